The minimum absolute atomic E-state index is 0.149. The van der Waals surface area contributed by atoms with Crippen LogP contribution in [-0.4, -0.2) is 24.3 Å². The van der Waals surface area contributed by atoms with Crippen LogP contribution in [0.4, 0.5) is 0 Å². The van der Waals surface area contributed by atoms with Gasteiger partial charge in [0.15, 0.2) is 11.5 Å². The zero-order valence-corrected chi connectivity index (χ0v) is 11.5. The summed E-state index contributed by atoms with van der Waals surface area (Å²) in [6.45, 7) is 0. The van der Waals surface area contributed by atoms with Crippen molar-refractivity contribution in [3.05, 3.63) is 59.9 Å². The van der Waals surface area contributed by atoms with Gasteiger partial charge in [-0.3, -0.25) is 4.98 Å². The number of allylic oxidation sites excluding steroid dienone is 1. The zero-order valence-electron chi connectivity index (χ0n) is 11.5. The first-order valence-electron chi connectivity index (χ1n) is 6.26. The fourth-order valence-electron chi connectivity index (χ4n) is 1.94. The van der Waals surface area contributed by atoms with Crippen LogP contribution in [0.25, 0.3) is 5.76 Å². The van der Waals surface area contributed by atoms with Crippen molar-refractivity contribution < 1.29 is 14.6 Å². The molecule has 0 aliphatic carbocycles. The Morgan fingerprint density at radius 3 is 2.65 bits per heavy atom. The smallest absolute Gasteiger partial charge is 0.164 e. The molecule has 0 unspecified atom stereocenters. The summed E-state index contributed by atoms with van der Waals surface area (Å²) in [6.07, 6.45) is 3.88. The summed E-state index contributed by atoms with van der Waals surface area (Å²) in [5, 5.41) is 10.00. The van der Waals surface area contributed by atoms with Crippen LogP contribution in [0.2, 0.25) is 0 Å². The molecule has 0 saturated heterocycles. The van der Waals surface area contributed by atoms with Crippen LogP contribution >= 0.6 is 0 Å². The molecule has 4 nitrogen and oxygen atoms in total. The number of pyridine rings is 1. The molecule has 0 fully saturated rings. The highest BCUT2D eigenvalue weighted by molar-refractivity contribution is 5.56. The standard InChI is InChI=1S/C16H17NO3/c1-19-15-8-5-6-12(16(15)20-2)9-10-14(18)13-7-3-4-11-17-13/h3-8,10-11,18H,9H2,1-2H3/b14-10-. The van der Waals surface area contributed by atoms with E-state index in [4.69, 9.17) is 9.47 Å². The topological polar surface area (TPSA) is 51.6 Å². The summed E-state index contributed by atoms with van der Waals surface area (Å²) < 4.78 is 10.6. The molecule has 1 aromatic carbocycles. The van der Waals surface area contributed by atoms with Crippen LogP contribution in [0.15, 0.2) is 48.7 Å². The molecule has 1 N–H and O–H groups in total. The number of aromatic nitrogens is 1. The van der Waals surface area contributed by atoms with Gasteiger partial charge >= 0.3 is 0 Å². The summed E-state index contributed by atoms with van der Waals surface area (Å²) in [5.41, 5.74) is 1.49. The Balaban J connectivity index is 2.23. The average molecular weight is 271 g/mol. The van der Waals surface area contributed by atoms with Crippen LogP contribution in [-0.2, 0) is 6.42 Å². The third-order valence-electron chi connectivity index (χ3n) is 2.93. The van der Waals surface area contributed by atoms with Gasteiger partial charge in [0, 0.05) is 11.8 Å². The summed E-state index contributed by atoms with van der Waals surface area (Å²) in [5.74, 6) is 1.51. The first-order chi connectivity index (χ1) is 9.76. The minimum Gasteiger partial charge on any atom is -0.506 e. The first-order valence-corrected chi connectivity index (χ1v) is 6.26. The molecule has 0 bridgehead atoms. The predicted molar refractivity (Wildman–Crippen MR) is 78.1 cm³/mol. The van der Waals surface area contributed by atoms with Gasteiger partial charge in [0.1, 0.15) is 11.5 Å². The van der Waals surface area contributed by atoms with E-state index in [0.717, 1.165) is 5.56 Å². The van der Waals surface area contributed by atoms with Crippen molar-refractivity contribution in [1.82, 2.24) is 4.98 Å². The lowest BCUT2D eigenvalue weighted by Crippen LogP contribution is -1.96. The Morgan fingerprint density at radius 2 is 2.00 bits per heavy atom. The Hall–Kier alpha value is -2.49. The van der Waals surface area contributed by atoms with Crippen molar-refractivity contribution in [2.24, 2.45) is 0 Å². The highest BCUT2D eigenvalue weighted by Gasteiger charge is 2.08. The first kappa shape index (κ1) is 13.9. The Kier molecular flexibility index (Phi) is 4.60. The van der Waals surface area contributed by atoms with E-state index in [1.54, 1.807) is 32.6 Å². The molecule has 1 aromatic heterocycles. The summed E-state index contributed by atoms with van der Waals surface area (Å²) in [4.78, 5) is 4.09. The number of hydrogen-bond acceptors (Lipinski definition) is 4. The van der Waals surface area contributed by atoms with Crippen molar-refractivity contribution in [3.63, 3.8) is 0 Å². The molecule has 4 heteroatoms. The fourth-order valence-corrected chi connectivity index (χ4v) is 1.94. The molecule has 0 aliphatic heterocycles. The molecular formula is C16H17NO3. The Labute approximate surface area is 118 Å². The molecule has 2 rings (SSSR count). The molecular weight excluding hydrogens is 254 g/mol. The number of rotatable bonds is 5. The lowest BCUT2D eigenvalue weighted by Gasteiger charge is -2.11. The SMILES string of the molecule is COc1cccc(C/C=C(\O)c2ccccn2)c1OC. The molecule has 0 atom stereocenters. The normalized spacial score (nSPS) is 11.2. The number of aliphatic hydroxyl groups excluding tert-OH is 1. The number of ether oxygens (including phenoxy) is 2. The maximum absolute atomic E-state index is 10.00. The van der Waals surface area contributed by atoms with E-state index in [1.807, 2.05) is 30.3 Å². The van der Waals surface area contributed by atoms with E-state index < -0.39 is 0 Å². The highest BCUT2D eigenvalue weighted by atomic mass is 16.5. The highest BCUT2D eigenvalue weighted by Crippen LogP contribution is 2.31. The van der Waals surface area contributed by atoms with Gasteiger partial charge in [-0.2, -0.15) is 0 Å². The van der Waals surface area contributed by atoms with E-state index >= 15 is 0 Å². The Morgan fingerprint density at radius 1 is 1.15 bits per heavy atom. The van der Waals surface area contributed by atoms with Crippen LogP contribution < -0.4 is 9.47 Å². The predicted octanol–water partition coefficient (Wildman–Crippen LogP) is 3.24. The number of methoxy groups -OCH3 is 2. The van der Waals surface area contributed by atoms with E-state index in [9.17, 15) is 5.11 Å². The van der Waals surface area contributed by atoms with Crippen LogP contribution in [0.5, 0.6) is 11.5 Å². The van der Waals surface area contributed by atoms with Crippen LogP contribution in [0, 0.1) is 0 Å². The van der Waals surface area contributed by atoms with E-state index in [1.165, 1.54) is 0 Å². The molecule has 0 aliphatic rings. The molecule has 0 spiro atoms. The molecule has 0 radical (unpaired) electrons. The minimum atomic E-state index is 0.149. The number of benzene rings is 1. The molecule has 0 saturated carbocycles. The monoisotopic (exact) mass is 271 g/mol. The number of hydrogen-bond donors (Lipinski definition) is 1. The lowest BCUT2D eigenvalue weighted by atomic mass is 10.1. The Bertz CT molecular complexity index is 594. The second-order valence-corrected chi connectivity index (χ2v) is 4.16. The maximum atomic E-state index is 10.00. The average Bonchev–Trinajstić information content (AvgIpc) is 2.52. The van der Waals surface area contributed by atoms with Gasteiger partial charge in [0.2, 0.25) is 0 Å². The van der Waals surface area contributed by atoms with E-state index in [-0.39, 0.29) is 5.76 Å². The molecule has 20 heavy (non-hydrogen) atoms. The van der Waals surface area contributed by atoms with Gasteiger partial charge in [-0.05, 0) is 30.7 Å². The summed E-state index contributed by atoms with van der Waals surface area (Å²) in [7, 11) is 3.20. The number of para-hydroxylation sites is 1. The van der Waals surface area contributed by atoms with E-state index in [2.05, 4.69) is 4.98 Å². The number of aliphatic hydroxyl groups is 1. The van der Waals surface area contributed by atoms with Gasteiger partial charge < -0.3 is 14.6 Å². The largest absolute Gasteiger partial charge is 0.506 e. The van der Waals surface area contributed by atoms with Gasteiger partial charge in [0.25, 0.3) is 0 Å². The van der Waals surface area contributed by atoms with Crippen LogP contribution in [0.1, 0.15) is 11.3 Å². The van der Waals surface area contributed by atoms with Crippen molar-refractivity contribution in [1.29, 1.82) is 0 Å². The van der Waals surface area contributed by atoms with Crippen molar-refractivity contribution in [2.75, 3.05) is 14.2 Å². The van der Waals surface area contributed by atoms with Crippen molar-refractivity contribution >= 4 is 5.76 Å². The van der Waals surface area contributed by atoms with Gasteiger partial charge in [0.05, 0.1) is 14.2 Å². The lowest BCUT2D eigenvalue weighted by molar-refractivity contribution is 0.352. The maximum Gasteiger partial charge on any atom is 0.164 e. The van der Waals surface area contributed by atoms with Gasteiger partial charge in [-0.15, -0.1) is 0 Å². The third-order valence-corrected chi connectivity index (χ3v) is 2.93. The quantitative estimate of drug-likeness (QED) is 0.848. The fraction of sp³-hybridized carbons (Fsp3) is 0.188. The second-order valence-electron chi connectivity index (χ2n) is 4.16. The van der Waals surface area contributed by atoms with Crippen molar-refractivity contribution in [2.45, 2.75) is 6.42 Å². The molecule has 1 heterocycles. The summed E-state index contributed by atoms with van der Waals surface area (Å²) >= 11 is 0. The molecule has 104 valence electrons. The summed E-state index contributed by atoms with van der Waals surface area (Å²) in [6, 6.07) is 11.1. The third kappa shape index (κ3) is 3.09. The van der Waals surface area contributed by atoms with Gasteiger partial charge in [-0.25, -0.2) is 0 Å². The van der Waals surface area contributed by atoms with Gasteiger partial charge in [-0.1, -0.05) is 18.2 Å². The number of nitrogens with zero attached hydrogens (tertiary/aromatic N) is 1. The molecule has 2 aromatic rings. The van der Waals surface area contributed by atoms with Crippen LogP contribution in [0.3, 0.4) is 0 Å². The van der Waals surface area contributed by atoms with E-state index in [0.29, 0.717) is 23.6 Å². The second kappa shape index (κ2) is 6.61. The molecule has 0 amide bonds. The zero-order chi connectivity index (χ0) is 14.4. The van der Waals surface area contributed by atoms with Crippen molar-refractivity contribution in [3.8, 4) is 11.5 Å².